The van der Waals surface area contributed by atoms with Crippen molar-refractivity contribution in [3.8, 4) is 0 Å². The molecule has 1 aliphatic heterocycles. The monoisotopic (exact) mass is 280 g/mol. The Balaban J connectivity index is 2.26. The van der Waals surface area contributed by atoms with E-state index in [2.05, 4.69) is 19.2 Å². The third kappa shape index (κ3) is 3.07. The van der Waals surface area contributed by atoms with E-state index in [4.69, 9.17) is 11.6 Å². The Labute approximate surface area is 117 Å². The van der Waals surface area contributed by atoms with Crippen LogP contribution in [0.5, 0.6) is 0 Å². The van der Waals surface area contributed by atoms with Gasteiger partial charge in [0.05, 0.1) is 11.6 Å². The molecule has 1 aromatic carbocycles. The second-order valence-corrected chi connectivity index (χ2v) is 5.60. The van der Waals surface area contributed by atoms with E-state index < -0.39 is 0 Å². The van der Waals surface area contributed by atoms with Crippen molar-refractivity contribution in [2.75, 3.05) is 11.4 Å². The fourth-order valence-electron chi connectivity index (χ4n) is 2.27. The predicted molar refractivity (Wildman–Crippen MR) is 75.3 cm³/mol. The fraction of sp³-hybridized carbons (Fsp3) is 0.429. The van der Waals surface area contributed by atoms with Gasteiger partial charge in [-0.1, -0.05) is 31.5 Å². The van der Waals surface area contributed by atoms with Gasteiger partial charge in [0.25, 0.3) is 0 Å². The minimum absolute atomic E-state index is 0.153. The molecule has 0 saturated carbocycles. The molecule has 4 nitrogen and oxygen atoms in total. The molecule has 102 valence electrons. The molecule has 5 heteroatoms. The number of imide groups is 1. The molecule has 1 heterocycles. The van der Waals surface area contributed by atoms with Gasteiger partial charge in [-0.15, -0.1) is 0 Å². The molecule has 0 bridgehead atoms. The number of hydrogen-bond donors (Lipinski definition) is 1. The average molecular weight is 281 g/mol. The maximum absolute atomic E-state index is 12.4. The van der Waals surface area contributed by atoms with Crippen molar-refractivity contribution in [3.63, 3.8) is 0 Å². The van der Waals surface area contributed by atoms with E-state index >= 15 is 0 Å². The van der Waals surface area contributed by atoms with E-state index in [1.807, 2.05) is 0 Å². The van der Waals surface area contributed by atoms with Crippen LogP contribution in [0.15, 0.2) is 24.3 Å². The molecule has 1 saturated heterocycles. The fourth-order valence-corrected chi connectivity index (χ4v) is 2.46. The number of benzene rings is 1. The van der Waals surface area contributed by atoms with E-state index in [0.29, 0.717) is 23.2 Å². The van der Waals surface area contributed by atoms with Gasteiger partial charge in [-0.25, -0.2) is 9.69 Å². The van der Waals surface area contributed by atoms with E-state index in [1.165, 1.54) is 4.90 Å². The molecule has 1 unspecified atom stereocenters. The normalized spacial score (nSPS) is 19.8. The van der Waals surface area contributed by atoms with Crippen molar-refractivity contribution in [2.24, 2.45) is 11.8 Å². The Hall–Kier alpha value is -1.55. The molecule has 1 N–H and O–H groups in total. The maximum Gasteiger partial charge on any atom is 0.328 e. The highest BCUT2D eigenvalue weighted by molar-refractivity contribution is 6.31. The first-order valence-electron chi connectivity index (χ1n) is 6.36. The Morgan fingerprint density at radius 1 is 1.42 bits per heavy atom. The molecule has 1 aliphatic rings. The number of carbonyl (C=O) groups is 2. The van der Waals surface area contributed by atoms with Crippen molar-refractivity contribution < 1.29 is 9.59 Å². The van der Waals surface area contributed by atoms with Gasteiger partial charge in [-0.2, -0.15) is 0 Å². The summed E-state index contributed by atoms with van der Waals surface area (Å²) in [6.45, 7) is 4.54. The predicted octanol–water partition coefficient (Wildman–Crippen LogP) is 3.06. The van der Waals surface area contributed by atoms with E-state index in [1.54, 1.807) is 24.3 Å². The van der Waals surface area contributed by atoms with Gasteiger partial charge in [-0.3, -0.25) is 4.79 Å². The maximum atomic E-state index is 12.4. The summed E-state index contributed by atoms with van der Waals surface area (Å²) in [6, 6.07) is 6.39. The first-order valence-corrected chi connectivity index (χ1v) is 6.74. The molecular formula is C14H17ClN2O2. The molecule has 0 radical (unpaired) electrons. The number of nitrogens with one attached hydrogen (secondary N) is 1. The highest BCUT2D eigenvalue weighted by atomic mass is 35.5. The van der Waals surface area contributed by atoms with Crippen molar-refractivity contribution in [1.29, 1.82) is 0 Å². The number of halogens is 1. The molecular weight excluding hydrogens is 264 g/mol. The summed E-state index contributed by atoms with van der Waals surface area (Å²) >= 11 is 5.91. The number of nitrogens with zero attached hydrogens (tertiary/aromatic N) is 1. The summed E-state index contributed by atoms with van der Waals surface area (Å²) in [7, 11) is 0. The third-order valence-electron chi connectivity index (χ3n) is 3.09. The van der Waals surface area contributed by atoms with Crippen molar-refractivity contribution in [1.82, 2.24) is 5.32 Å². The molecule has 19 heavy (non-hydrogen) atoms. The average Bonchev–Trinajstić information content (AvgIpc) is 2.33. The highest BCUT2D eigenvalue weighted by Crippen LogP contribution is 2.25. The van der Waals surface area contributed by atoms with Crippen LogP contribution in [0.4, 0.5) is 10.5 Å². The Kier molecular flexibility index (Phi) is 4.10. The zero-order valence-electron chi connectivity index (χ0n) is 11.0. The molecule has 2 rings (SSSR count). The molecule has 1 fully saturated rings. The SMILES string of the molecule is CC(C)CC1CNC(=O)N(c2cccc(Cl)c2)C1=O. The van der Waals surface area contributed by atoms with Gasteiger partial charge >= 0.3 is 6.03 Å². The molecule has 3 amide bonds. The molecule has 1 atom stereocenters. The van der Waals surface area contributed by atoms with Gasteiger partial charge < -0.3 is 5.32 Å². The number of hydrogen-bond acceptors (Lipinski definition) is 2. The Morgan fingerprint density at radius 3 is 2.79 bits per heavy atom. The summed E-state index contributed by atoms with van der Waals surface area (Å²) in [5.74, 6) is 0.0848. The number of amides is 3. The standard InChI is InChI=1S/C14H17ClN2O2/c1-9(2)6-10-8-16-14(19)17(13(10)18)12-5-3-4-11(15)7-12/h3-5,7,9-10H,6,8H2,1-2H3,(H,16,19). The van der Waals surface area contributed by atoms with Crippen LogP contribution in [0.25, 0.3) is 0 Å². The van der Waals surface area contributed by atoms with Crippen molar-refractivity contribution in [3.05, 3.63) is 29.3 Å². The molecule has 0 aromatic heterocycles. The Morgan fingerprint density at radius 2 is 2.16 bits per heavy atom. The zero-order valence-corrected chi connectivity index (χ0v) is 11.8. The molecule has 1 aromatic rings. The highest BCUT2D eigenvalue weighted by Gasteiger charge is 2.35. The summed E-state index contributed by atoms with van der Waals surface area (Å²) in [5.41, 5.74) is 0.517. The second kappa shape index (κ2) is 5.61. The zero-order chi connectivity index (χ0) is 14.0. The molecule has 0 aliphatic carbocycles. The van der Waals surface area contributed by atoms with Crippen LogP contribution in [0.3, 0.4) is 0 Å². The minimum atomic E-state index is -0.382. The van der Waals surface area contributed by atoms with Crippen LogP contribution in [0.2, 0.25) is 5.02 Å². The lowest BCUT2D eigenvalue weighted by Crippen LogP contribution is -2.55. The van der Waals surface area contributed by atoms with Crippen LogP contribution in [0.1, 0.15) is 20.3 Å². The smallest absolute Gasteiger partial charge is 0.328 e. The first-order chi connectivity index (χ1) is 8.99. The first kappa shape index (κ1) is 13.9. The van der Waals surface area contributed by atoms with Gasteiger partial charge in [0.1, 0.15) is 0 Å². The quantitative estimate of drug-likeness (QED) is 0.925. The van der Waals surface area contributed by atoms with Gasteiger partial charge in [0, 0.05) is 11.6 Å². The van der Waals surface area contributed by atoms with E-state index in [-0.39, 0.29) is 17.9 Å². The summed E-state index contributed by atoms with van der Waals surface area (Å²) in [4.78, 5) is 25.5. The number of carbonyl (C=O) groups excluding carboxylic acids is 2. The lowest BCUT2D eigenvalue weighted by molar-refractivity contribution is -0.122. The van der Waals surface area contributed by atoms with E-state index in [0.717, 1.165) is 6.42 Å². The minimum Gasteiger partial charge on any atom is -0.337 e. The largest absolute Gasteiger partial charge is 0.337 e. The summed E-state index contributed by atoms with van der Waals surface area (Å²) in [6.07, 6.45) is 0.760. The summed E-state index contributed by atoms with van der Waals surface area (Å²) < 4.78 is 0. The van der Waals surface area contributed by atoms with Crippen LogP contribution in [-0.2, 0) is 4.79 Å². The van der Waals surface area contributed by atoms with Gasteiger partial charge in [0.15, 0.2) is 0 Å². The number of anilines is 1. The van der Waals surface area contributed by atoms with Crippen molar-refractivity contribution in [2.45, 2.75) is 20.3 Å². The van der Waals surface area contributed by atoms with Crippen molar-refractivity contribution >= 4 is 29.2 Å². The van der Waals surface area contributed by atoms with Crippen LogP contribution in [-0.4, -0.2) is 18.5 Å². The topological polar surface area (TPSA) is 49.4 Å². The lowest BCUT2D eigenvalue weighted by atomic mass is 9.94. The van der Waals surface area contributed by atoms with Gasteiger partial charge in [0.2, 0.25) is 5.91 Å². The van der Waals surface area contributed by atoms with Crippen LogP contribution >= 0.6 is 11.6 Å². The van der Waals surface area contributed by atoms with Crippen LogP contribution < -0.4 is 10.2 Å². The summed E-state index contributed by atoms with van der Waals surface area (Å²) in [5, 5.41) is 3.26. The van der Waals surface area contributed by atoms with Gasteiger partial charge in [-0.05, 0) is 30.5 Å². The second-order valence-electron chi connectivity index (χ2n) is 5.17. The number of urea groups is 1. The Bertz CT molecular complexity index is 502. The third-order valence-corrected chi connectivity index (χ3v) is 3.33. The lowest BCUT2D eigenvalue weighted by Gasteiger charge is -2.32. The number of rotatable bonds is 3. The van der Waals surface area contributed by atoms with E-state index in [9.17, 15) is 9.59 Å². The molecule has 0 spiro atoms. The van der Waals surface area contributed by atoms with Crippen LogP contribution in [0, 0.1) is 11.8 Å².